The van der Waals surface area contributed by atoms with Crippen LogP contribution < -0.4 is 9.32 Å². The maximum Gasteiger partial charge on any atom is 0.336 e. The van der Waals surface area contributed by atoms with Gasteiger partial charge in [0.1, 0.15) is 0 Å². The van der Waals surface area contributed by atoms with Crippen LogP contribution in [0.4, 0.5) is 0 Å². The first-order valence-electron chi connectivity index (χ1n) is 3.65. The summed E-state index contributed by atoms with van der Waals surface area (Å²) in [6.07, 6.45) is -2.29. The van der Waals surface area contributed by atoms with Gasteiger partial charge in [-0.05, 0) is 0 Å². The second-order valence-electron chi connectivity index (χ2n) is 2.68. The zero-order chi connectivity index (χ0) is 14.2. The maximum absolute atomic E-state index is 10.3. The van der Waals surface area contributed by atoms with Gasteiger partial charge < -0.3 is 29.7 Å². The zero-order valence-electron chi connectivity index (χ0n) is 8.07. The monoisotopic (exact) mass is 276 g/mol. The van der Waals surface area contributed by atoms with Gasteiger partial charge in [-0.2, -0.15) is 0 Å². The van der Waals surface area contributed by atoms with E-state index in [2.05, 4.69) is 0 Å². The number of carbonyl (C=O) groups is 3. The molecule has 0 saturated carbocycles. The molecule has 0 aromatic rings. The average Bonchev–Trinajstić information content (AvgIpc) is 1.98. The number of carboxylic acids is 3. The van der Waals surface area contributed by atoms with Crippen molar-refractivity contribution >= 4 is 17.9 Å². The number of carboxylic acid groups (broad SMARTS) is 3. The molecule has 0 atom stereocenters. The molecule has 0 aliphatic heterocycles. The molecule has 0 radical (unpaired) electrons. The lowest BCUT2D eigenvalue weighted by Crippen LogP contribution is -2.42. The molecule has 0 fully saturated rings. The average molecular weight is 277 g/mol. The topological polar surface area (TPSA) is 198 Å². The highest BCUT2D eigenvalue weighted by atomic mass is 35.6. The second-order valence-corrected chi connectivity index (χ2v) is 3.08. The van der Waals surface area contributed by atoms with Gasteiger partial charge >= 0.3 is 17.9 Å². The van der Waals surface area contributed by atoms with Gasteiger partial charge in [-0.15, -0.1) is 0 Å². The Bertz CT molecular complexity index is 268. The summed E-state index contributed by atoms with van der Waals surface area (Å²) in [5, 5.41) is 33.8. The van der Waals surface area contributed by atoms with Gasteiger partial charge in [0, 0.05) is 4.66 Å². The van der Waals surface area contributed by atoms with Crippen LogP contribution in [0.15, 0.2) is 0 Å². The molecule has 0 bridgehead atoms. The van der Waals surface area contributed by atoms with Crippen LogP contribution in [-0.2, 0) is 14.4 Å². The van der Waals surface area contributed by atoms with Crippen LogP contribution in [0.25, 0.3) is 0 Å². The summed E-state index contributed by atoms with van der Waals surface area (Å²) in [5.74, 6) is -5.02. The molecule has 0 aromatic heterocycles. The maximum atomic E-state index is 10.3. The van der Waals surface area contributed by atoms with Crippen molar-refractivity contribution in [3.05, 3.63) is 0 Å². The minimum atomic E-state index is -2.74. The summed E-state index contributed by atoms with van der Waals surface area (Å²) < 4.78 is 24.0. The molecule has 11 heteroatoms. The lowest BCUT2D eigenvalue weighted by Gasteiger charge is -2.18. The molecule has 0 spiro atoms. The smallest absolute Gasteiger partial charge is 0.336 e. The molecule has 5 N–H and O–H groups in total. The predicted octanol–water partition coefficient (Wildman–Crippen LogP) is -4.18. The van der Waals surface area contributed by atoms with Gasteiger partial charge in [0.15, 0.2) is 5.60 Å². The van der Waals surface area contributed by atoms with Crippen LogP contribution in [0.1, 0.15) is 12.8 Å². The number of aliphatic hydroxyl groups is 1. The molecule has 17 heavy (non-hydrogen) atoms. The number of halogens is 1. The number of hydrogen-bond acceptors (Lipinski definition) is 7. The molecule has 0 aromatic carbocycles. The molecule has 10 nitrogen and oxygen atoms in total. The predicted molar refractivity (Wildman–Crippen MR) is 39.3 cm³/mol. The minimum Gasteiger partial charge on any atom is -0.481 e. The Kier molecular flexibility index (Phi) is 8.17. The number of aliphatic carboxylic acids is 3. The fourth-order valence-corrected chi connectivity index (χ4v) is 0.714. The minimum absolute atomic E-state index is 1.14. The third-order valence-electron chi connectivity index (χ3n) is 1.29. The lowest BCUT2D eigenvalue weighted by molar-refractivity contribution is -1.63. The summed E-state index contributed by atoms with van der Waals surface area (Å²) in [6, 6.07) is 0. The van der Waals surface area contributed by atoms with Crippen molar-refractivity contribution in [3.8, 4) is 0 Å². The summed E-state index contributed by atoms with van der Waals surface area (Å²) in [5.41, 5.74) is -2.74. The quantitative estimate of drug-likeness (QED) is 0.328. The van der Waals surface area contributed by atoms with E-state index in [0.29, 0.717) is 0 Å². The first-order valence-corrected chi connectivity index (χ1v) is 4.60. The highest BCUT2D eigenvalue weighted by Gasteiger charge is 2.40. The van der Waals surface area contributed by atoms with Gasteiger partial charge in [-0.1, -0.05) is 0 Å². The Morgan fingerprint density at radius 3 is 1.35 bits per heavy atom. The molecular formula is C6H9ClO10. The fraction of sp³-hybridized carbons (Fsp3) is 0.500. The van der Waals surface area contributed by atoms with Crippen molar-refractivity contribution in [2.24, 2.45) is 0 Å². The van der Waals surface area contributed by atoms with Crippen molar-refractivity contribution < 1.29 is 59.6 Å². The Labute approximate surface area is 96.7 Å². The standard InChI is InChI=1S/C6H8O7.ClHO3/c7-3(8)1-6(13,5(11)12)2-4(9)10;2-1(3)4/h13H,1-2H2,(H,7,8)(H,9,10)(H,11,12);2H. The first-order chi connectivity index (χ1) is 7.51. The van der Waals surface area contributed by atoms with E-state index in [1.54, 1.807) is 0 Å². The number of hydrogen-bond donors (Lipinski definition) is 5. The van der Waals surface area contributed by atoms with Gasteiger partial charge in [0.25, 0.3) is 10.8 Å². The summed E-state index contributed by atoms with van der Waals surface area (Å²) in [7, 11) is -2.60. The van der Waals surface area contributed by atoms with Crippen LogP contribution in [0.3, 0.4) is 0 Å². The van der Waals surface area contributed by atoms with E-state index in [4.69, 9.17) is 34.4 Å². The lowest BCUT2D eigenvalue weighted by atomic mass is 9.96. The van der Waals surface area contributed by atoms with E-state index >= 15 is 0 Å². The highest BCUT2D eigenvalue weighted by molar-refractivity contribution is 5.88. The molecule has 0 heterocycles. The van der Waals surface area contributed by atoms with E-state index in [-0.39, 0.29) is 0 Å². The van der Waals surface area contributed by atoms with Crippen molar-refractivity contribution in [3.63, 3.8) is 0 Å². The van der Waals surface area contributed by atoms with Crippen LogP contribution >= 0.6 is 0 Å². The Morgan fingerprint density at radius 2 is 1.24 bits per heavy atom. The van der Waals surface area contributed by atoms with E-state index in [0.717, 1.165) is 0 Å². The Morgan fingerprint density at radius 1 is 1.00 bits per heavy atom. The summed E-state index contributed by atoms with van der Waals surface area (Å²) >= 11 is 0. The van der Waals surface area contributed by atoms with E-state index in [9.17, 15) is 14.4 Å². The molecular weight excluding hydrogens is 268 g/mol. The van der Waals surface area contributed by atoms with Gasteiger partial charge in [0.05, 0.1) is 12.8 Å². The molecule has 0 unspecified atom stereocenters. The van der Waals surface area contributed by atoms with Gasteiger partial charge in [-0.3, -0.25) is 9.59 Å². The third kappa shape index (κ3) is 10.8. The van der Waals surface area contributed by atoms with Crippen molar-refractivity contribution in [1.82, 2.24) is 0 Å². The van der Waals surface area contributed by atoms with Gasteiger partial charge in [-0.25, -0.2) is 4.79 Å². The van der Waals surface area contributed by atoms with Crippen molar-refractivity contribution in [2.75, 3.05) is 0 Å². The van der Waals surface area contributed by atoms with Gasteiger partial charge in [0.2, 0.25) is 0 Å². The van der Waals surface area contributed by atoms with Crippen LogP contribution in [0.2, 0.25) is 0 Å². The molecule has 0 rings (SSSR count). The Balaban J connectivity index is 0. The van der Waals surface area contributed by atoms with Crippen molar-refractivity contribution in [2.45, 2.75) is 18.4 Å². The Hall–Kier alpha value is -1.46. The molecule has 0 aliphatic rings. The van der Waals surface area contributed by atoms with Crippen molar-refractivity contribution in [1.29, 1.82) is 0 Å². The fourth-order valence-electron chi connectivity index (χ4n) is 0.714. The zero-order valence-corrected chi connectivity index (χ0v) is 8.83. The molecule has 0 amide bonds. The largest absolute Gasteiger partial charge is 0.481 e. The third-order valence-corrected chi connectivity index (χ3v) is 1.29. The highest BCUT2D eigenvalue weighted by Crippen LogP contribution is 2.15. The van der Waals surface area contributed by atoms with E-state index in [1.165, 1.54) is 0 Å². The van der Waals surface area contributed by atoms with Crippen LogP contribution in [-0.4, -0.2) is 48.6 Å². The number of rotatable bonds is 5. The van der Waals surface area contributed by atoms with Crippen LogP contribution in [0.5, 0.6) is 0 Å². The summed E-state index contributed by atoms with van der Waals surface area (Å²) in [6.45, 7) is 0. The SMILES string of the molecule is O=C(O)CC(O)(CC(=O)O)C(=O)O.[O-][Cl+2]([O-])O. The normalized spacial score (nSPS) is 10.4. The van der Waals surface area contributed by atoms with E-state index in [1.807, 2.05) is 0 Å². The first kappa shape index (κ1) is 17.9. The second kappa shape index (κ2) is 7.76. The van der Waals surface area contributed by atoms with Crippen LogP contribution in [0, 0.1) is 10.8 Å². The molecule has 0 saturated heterocycles. The molecule has 0 aliphatic carbocycles. The van der Waals surface area contributed by atoms with E-state index < -0.39 is 47.1 Å². The molecule has 100 valence electrons. The summed E-state index contributed by atoms with van der Waals surface area (Å²) in [4.78, 5) is 30.5.